The van der Waals surface area contributed by atoms with E-state index in [9.17, 15) is 13.2 Å². The Morgan fingerprint density at radius 1 is 1.40 bits per heavy atom. The van der Waals surface area contributed by atoms with Crippen LogP contribution >= 0.6 is 0 Å². The lowest BCUT2D eigenvalue weighted by atomic mass is 10.0. The van der Waals surface area contributed by atoms with Crippen molar-refractivity contribution in [2.24, 2.45) is 5.73 Å². The van der Waals surface area contributed by atoms with Crippen molar-refractivity contribution in [3.63, 3.8) is 0 Å². The summed E-state index contributed by atoms with van der Waals surface area (Å²) in [5.74, 6) is -0.952. The Kier molecular flexibility index (Phi) is 3.14. The van der Waals surface area contributed by atoms with Crippen molar-refractivity contribution in [1.29, 1.82) is 0 Å². The van der Waals surface area contributed by atoms with Gasteiger partial charge >= 0.3 is 0 Å². The summed E-state index contributed by atoms with van der Waals surface area (Å²) in [6.45, 7) is 1.64. The van der Waals surface area contributed by atoms with E-state index in [-0.39, 0.29) is 4.90 Å². The number of primary amides is 1. The van der Waals surface area contributed by atoms with Crippen molar-refractivity contribution in [2.75, 3.05) is 6.26 Å². The highest BCUT2D eigenvalue weighted by atomic mass is 32.2. The molecule has 0 aliphatic heterocycles. The first-order chi connectivity index (χ1) is 6.82. The van der Waals surface area contributed by atoms with Crippen LogP contribution in [-0.2, 0) is 14.6 Å². The van der Waals surface area contributed by atoms with E-state index < -0.39 is 21.7 Å². The molecule has 0 saturated heterocycles. The first-order valence-electron chi connectivity index (χ1n) is 4.41. The van der Waals surface area contributed by atoms with E-state index in [1.165, 1.54) is 12.1 Å². The van der Waals surface area contributed by atoms with Crippen LogP contribution in [0.2, 0.25) is 0 Å². The Bertz CT molecular complexity index is 479. The van der Waals surface area contributed by atoms with Crippen LogP contribution in [0.15, 0.2) is 29.2 Å². The number of hydrogen-bond donors (Lipinski definition) is 1. The molecular weight excluding hydrogens is 214 g/mol. The second-order valence-electron chi connectivity index (χ2n) is 3.47. The third kappa shape index (κ3) is 2.79. The van der Waals surface area contributed by atoms with E-state index in [2.05, 4.69) is 0 Å². The fraction of sp³-hybridized carbons (Fsp3) is 0.300. The van der Waals surface area contributed by atoms with E-state index in [0.717, 1.165) is 6.26 Å². The molecule has 4 nitrogen and oxygen atoms in total. The maximum Gasteiger partial charge on any atom is 0.224 e. The van der Waals surface area contributed by atoms with Gasteiger partial charge in [0.15, 0.2) is 9.84 Å². The molecule has 1 unspecified atom stereocenters. The van der Waals surface area contributed by atoms with Gasteiger partial charge in [-0.05, 0) is 24.6 Å². The largest absolute Gasteiger partial charge is 0.369 e. The zero-order chi connectivity index (χ0) is 11.6. The molecule has 1 aromatic rings. The van der Waals surface area contributed by atoms with Crippen LogP contribution < -0.4 is 5.73 Å². The summed E-state index contributed by atoms with van der Waals surface area (Å²) in [5.41, 5.74) is 5.75. The topological polar surface area (TPSA) is 77.2 Å². The third-order valence-electron chi connectivity index (χ3n) is 2.21. The monoisotopic (exact) mass is 227 g/mol. The van der Waals surface area contributed by atoms with Crippen LogP contribution in [0, 0.1) is 0 Å². The molecule has 0 saturated carbocycles. The fourth-order valence-corrected chi connectivity index (χ4v) is 1.85. The number of rotatable bonds is 3. The summed E-state index contributed by atoms with van der Waals surface area (Å²) in [5, 5.41) is 0. The minimum Gasteiger partial charge on any atom is -0.369 e. The van der Waals surface area contributed by atoms with Crippen molar-refractivity contribution in [1.82, 2.24) is 0 Å². The molecule has 0 radical (unpaired) electrons. The molecule has 0 bridgehead atoms. The highest BCUT2D eigenvalue weighted by molar-refractivity contribution is 7.90. The average Bonchev–Trinajstić information content (AvgIpc) is 2.15. The van der Waals surface area contributed by atoms with E-state index in [4.69, 9.17) is 5.73 Å². The maximum absolute atomic E-state index is 11.3. The summed E-state index contributed by atoms with van der Waals surface area (Å²) in [6.07, 6.45) is 1.13. The van der Waals surface area contributed by atoms with Crippen LogP contribution in [0.3, 0.4) is 0 Å². The van der Waals surface area contributed by atoms with E-state index in [1.807, 2.05) is 0 Å². The molecule has 5 heteroatoms. The number of benzene rings is 1. The first kappa shape index (κ1) is 11.7. The molecule has 0 fully saturated rings. The van der Waals surface area contributed by atoms with Gasteiger partial charge in [-0.25, -0.2) is 8.42 Å². The van der Waals surface area contributed by atoms with Crippen molar-refractivity contribution >= 4 is 15.7 Å². The Hall–Kier alpha value is -1.36. The van der Waals surface area contributed by atoms with Gasteiger partial charge in [0, 0.05) is 6.26 Å². The van der Waals surface area contributed by atoms with Crippen molar-refractivity contribution in [3.8, 4) is 0 Å². The highest BCUT2D eigenvalue weighted by Crippen LogP contribution is 2.18. The number of amides is 1. The Balaban J connectivity index is 3.20. The van der Waals surface area contributed by atoms with Gasteiger partial charge in [0.25, 0.3) is 0 Å². The van der Waals surface area contributed by atoms with Gasteiger partial charge in [0.2, 0.25) is 5.91 Å². The SMILES string of the molecule is CC(C(N)=O)c1cccc(S(C)(=O)=O)c1. The molecule has 15 heavy (non-hydrogen) atoms. The summed E-state index contributed by atoms with van der Waals surface area (Å²) in [6, 6.07) is 6.26. The van der Waals surface area contributed by atoms with Crippen LogP contribution in [0.4, 0.5) is 0 Å². The molecule has 0 aliphatic rings. The van der Waals surface area contributed by atoms with Gasteiger partial charge < -0.3 is 5.73 Å². The van der Waals surface area contributed by atoms with Crippen LogP contribution in [0.25, 0.3) is 0 Å². The minimum atomic E-state index is -3.24. The first-order valence-corrected chi connectivity index (χ1v) is 6.31. The summed E-state index contributed by atoms with van der Waals surface area (Å²) in [4.78, 5) is 11.1. The lowest BCUT2D eigenvalue weighted by Crippen LogP contribution is -2.18. The smallest absolute Gasteiger partial charge is 0.224 e. The molecule has 0 heterocycles. The second kappa shape index (κ2) is 4.02. The average molecular weight is 227 g/mol. The molecule has 0 spiro atoms. The Morgan fingerprint density at radius 2 is 2.00 bits per heavy atom. The van der Waals surface area contributed by atoms with E-state index in [1.54, 1.807) is 19.1 Å². The maximum atomic E-state index is 11.3. The number of carbonyl (C=O) groups is 1. The second-order valence-corrected chi connectivity index (χ2v) is 5.48. The van der Waals surface area contributed by atoms with Gasteiger partial charge in [-0.1, -0.05) is 12.1 Å². The number of carbonyl (C=O) groups excluding carboxylic acids is 1. The zero-order valence-electron chi connectivity index (χ0n) is 8.60. The van der Waals surface area contributed by atoms with E-state index in [0.29, 0.717) is 5.56 Å². The van der Waals surface area contributed by atoms with Crippen LogP contribution in [-0.4, -0.2) is 20.6 Å². The minimum absolute atomic E-state index is 0.202. The van der Waals surface area contributed by atoms with Crippen molar-refractivity contribution < 1.29 is 13.2 Å². The summed E-state index contributed by atoms with van der Waals surface area (Å²) < 4.78 is 22.5. The van der Waals surface area contributed by atoms with Gasteiger partial charge in [0.1, 0.15) is 0 Å². The molecule has 1 atom stereocenters. The van der Waals surface area contributed by atoms with Crippen LogP contribution in [0.1, 0.15) is 18.4 Å². The molecule has 2 N–H and O–H groups in total. The Labute approximate surface area is 89.0 Å². The molecule has 1 amide bonds. The lowest BCUT2D eigenvalue weighted by Gasteiger charge is -2.08. The molecule has 82 valence electrons. The summed E-state index contributed by atoms with van der Waals surface area (Å²) >= 11 is 0. The van der Waals surface area contributed by atoms with Crippen molar-refractivity contribution in [2.45, 2.75) is 17.7 Å². The third-order valence-corrected chi connectivity index (χ3v) is 3.32. The van der Waals surface area contributed by atoms with Crippen molar-refractivity contribution in [3.05, 3.63) is 29.8 Å². The van der Waals surface area contributed by atoms with Gasteiger partial charge in [0.05, 0.1) is 10.8 Å². The molecule has 0 aromatic heterocycles. The lowest BCUT2D eigenvalue weighted by molar-refractivity contribution is -0.119. The number of nitrogens with two attached hydrogens (primary N) is 1. The molecule has 1 rings (SSSR count). The molecule has 1 aromatic carbocycles. The van der Waals surface area contributed by atoms with Crippen LogP contribution in [0.5, 0.6) is 0 Å². The number of hydrogen-bond acceptors (Lipinski definition) is 3. The van der Waals surface area contributed by atoms with Gasteiger partial charge in [-0.3, -0.25) is 4.79 Å². The predicted octanol–water partition coefficient (Wildman–Crippen LogP) is 0.679. The summed E-state index contributed by atoms with van der Waals surface area (Å²) in [7, 11) is -3.24. The Morgan fingerprint density at radius 3 is 2.47 bits per heavy atom. The predicted molar refractivity (Wildman–Crippen MR) is 57.2 cm³/mol. The normalized spacial score (nSPS) is 13.5. The number of sulfone groups is 1. The standard InChI is InChI=1S/C10H13NO3S/c1-7(10(11)12)8-4-3-5-9(6-8)15(2,13)14/h3-7H,1-2H3,(H2,11,12). The quantitative estimate of drug-likeness (QED) is 0.824. The molecular formula is C10H13NO3S. The highest BCUT2D eigenvalue weighted by Gasteiger charge is 2.14. The van der Waals surface area contributed by atoms with E-state index >= 15 is 0 Å². The zero-order valence-corrected chi connectivity index (χ0v) is 9.41. The molecule has 0 aliphatic carbocycles. The fourth-order valence-electron chi connectivity index (χ4n) is 1.18. The van der Waals surface area contributed by atoms with Gasteiger partial charge in [-0.2, -0.15) is 0 Å². The van der Waals surface area contributed by atoms with Gasteiger partial charge in [-0.15, -0.1) is 0 Å².